The van der Waals surface area contributed by atoms with E-state index in [4.69, 9.17) is 4.74 Å². The fourth-order valence-electron chi connectivity index (χ4n) is 1.71. The van der Waals surface area contributed by atoms with Gasteiger partial charge in [-0.05, 0) is 24.3 Å². The zero-order valence-electron chi connectivity index (χ0n) is 13.4. The highest BCUT2D eigenvalue weighted by Gasteiger charge is 2.14. The van der Waals surface area contributed by atoms with Crippen LogP contribution in [0.25, 0.3) is 9.88 Å². The van der Waals surface area contributed by atoms with Crippen LogP contribution in [-0.2, 0) is 20.7 Å². The highest BCUT2D eigenvalue weighted by molar-refractivity contribution is 7.20. The van der Waals surface area contributed by atoms with Crippen molar-refractivity contribution in [2.75, 3.05) is 6.61 Å². The van der Waals surface area contributed by atoms with E-state index in [1.165, 1.54) is 11.3 Å². The van der Waals surface area contributed by atoms with E-state index in [0.29, 0.717) is 11.6 Å². The quantitative estimate of drug-likeness (QED) is 0.778. The predicted octanol–water partition coefficient (Wildman–Crippen LogP) is 3.12. The molecule has 2 aromatic rings. The van der Waals surface area contributed by atoms with Crippen LogP contribution in [0.5, 0.6) is 0 Å². The molecule has 1 N–H and O–H groups in total. The number of rotatable bonds is 7. The predicted molar refractivity (Wildman–Crippen MR) is 92.5 cm³/mol. The van der Waals surface area contributed by atoms with Crippen molar-refractivity contribution in [3.8, 4) is 9.88 Å². The van der Waals surface area contributed by atoms with Crippen LogP contribution in [0.3, 0.4) is 0 Å². The Morgan fingerprint density at radius 3 is 2.74 bits per heavy atom. The molecule has 2 heterocycles. The van der Waals surface area contributed by atoms with Gasteiger partial charge in [0.1, 0.15) is 5.01 Å². The Hall–Kier alpha value is -1.73. The van der Waals surface area contributed by atoms with Crippen LogP contribution in [0, 0.1) is 5.92 Å². The van der Waals surface area contributed by atoms with Gasteiger partial charge in [0.25, 0.3) is 5.91 Å². The fourth-order valence-corrected chi connectivity index (χ4v) is 3.34. The SMILES string of the molecule is CC(C)C(C)NC(=O)COC(=O)Cc1csc(-c2cccs2)n1. The summed E-state index contributed by atoms with van der Waals surface area (Å²) in [5.41, 5.74) is 0.666. The smallest absolute Gasteiger partial charge is 0.312 e. The van der Waals surface area contributed by atoms with Gasteiger partial charge in [-0.1, -0.05) is 19.9 Å². The van der Waals surface area contributed by atoms with E-state index < -0.39 is 5.97 Å². The minimum absolute atomic E-state index is 0.0492. The van der Waals surface area contributed by atoms with Gasteiger partial charge >= 0.3 is 5.97 Å². The van der Waals surface area contributed by atoms with Crippen LogP contribution < -0.4 is 5.32 Å². The highest BCUT2D eigenvalue weighted by atomic mass is 32.1. The third kappa shape index (κ3) is 5.44. The first-order valence-corrected chi connectivity index (χ1v) is 9.15. The van der Waals surface area contributed by atoms with Gasteiger partial charge in [0.05, 0.1) is 17.0 Å². The summed E-state index contributed by atoms with van der Waals surface area (Å²) in [6.07, 6.45) is 0.0783. The molecule has 5 nitrogen and oxygen atoms in total. The summed E-state index contributed by atoms with van der Waals surface area (Å²) in [6.45, 7) is 5.71. The summed E-state index contributed by atoms with van der Waals surface area (Å²) in [5.74, 6) is -0.391. The Bertz CT molecular complexity index is 650. The minimum Gasteiger partial charge on any atom is -0.455 e. The maximum Gasteiger partial charge on any atom is 0.312 e. The average Bonchev–Trinajstić information content (AvgIpc) is 3.15. The van der Waals surface area contributed by atoms with Gasteiger partial charge in [0.2, 0.25) is 0 Å². The third-order valence-corrected chi connectivity index (χ3v) is 5.29. The molecule has 23 heavy (non-hydrogen) atoms. The molecule has 0 radical (unpaired) electrons. The summed E-state index contributed by atoms with van der Waals surface area (Å²) in [6, 6.07) is 4.01. The molecular formula is C16H20N2O3S2. The zero-order valence-corrected chi connectivity index (χ0v) is 15.0. The lowest BCUT2D eigenvalue weighted by atomic mass is 10.1. The molecule has 0 bridgehead atoms. The first kappa shape index (κ1) is 17.6. The van der Waals surface area contributed by atoms with E-state index in [1.54, 1.807) is 11.3 Å². The van der Waals surface area contributed by atoms with Crippen molar-refractivity contribution in [1.29, 1.82) is 0 Å². The van der Waals surface area contributed by atoms with Crippen LogP contribution in [0.15, 0.2) is 22.9 Å². The van der Waals surface area contributed by atoms with Crippen molar-refractivity contribution in [3.05, 3.63) is 28.6 Å². The lowest BCUT2D eigenvalue weighted by Crippen LogP contribution is -2.38. The number of hydrogen-bond acceptors (Lipinski definition) is 6. The molecule has 0 aliphatic heterocycles. The summed E-state index contributed by atoms with van der Waals surface area (Å²) in [7, 11) is 0. The molecule has 1 amide bonds. The number of ether oxygens (including phenoxy) is 1. The first-order chi connectivity index (χ1) is 11.0. The van der Waals surface area contributed by atoms with Gasteiger partial charge in [-0.25, -0.2) is 4.98 Å². The second-order valence-corrected chi connectivity index (χ2v) is 7.36. The Balaban J connectivity index is 1.78. The molecule has 0 aromatic carbocycles. The Morgan fingerprint density at radius 2 is 2.09 bits per heavy atom. The molecule has 0 spiro atoms. The van der Waals surface area contributed by atoms with Crippen molar-refractivity contribution >= 4 is 34.6 Å². The molecule has 7 heteroatoms. The molecular weight excluding hydrogens is 332 g/mol. The van der Waals surface area contributed by atoms with Gasteiger partial charge in [-0.3, -0.25) is 9.59 Å². The molecule has 124 valence electrons. The van der Waals surface area contributed by atoms with Gasteiger partial charge < -0.3 is 10.1 Å². The van der Waals surface area contributed by atoms with Gasteiger partial charge in [-0.15, -0.1) is 22.7 Å². The monoisotopic (exact) mass is 352 g/mol. The van der Waals surface area contributed by atoms with Crippen LogP contribution >= 0.6 is 22.7 Å². The van der Waals surface area contributed by atoms with E-state index >= 15 is 0 Å². The van der Waals surface area contributed by atoms with E-state index in [1.807, 2.05) is 43.7 Å². The summed E-state index contributed by atoms with van der Waals surface area (Å²) in [4.78, 5) is 29.0. The molecule has 0 aliphatic carbocycles. The van der Waals surface area contributed by atoms with Crippen molar-refractivity contribution in [2.45, 2.75) is 33.2 Å². The lowest BCUT2D eigenvalue weighted by molar-refractivity contribution is -0.148. The van der Waals surface area contributed by atoms with Gasteiger partial charge in [-0.2, -0.15) is 0 Å². The largest absolute Gasteiger partial charge is 0.455 e. The molecule has 2 aromatic heterocycles. The molecule has 1 unspecified atom stereocenters. The van der Waals surface area contributed by atoms with E-state index in [2.05, 4.69) is 10.3 Å². The normalized spacial score (nSPS) is 12.2. The summed E-state index contributed by atoms with van der Waals surface area (Å²) >= 11 is 3.11. The number of esters is 1. The van der Waals surface area contributed by atoms with E-state index in [0.717, 1.165) is 9.88 Å². The standard InChI is InChI=1S/C16H20N2O3S2/c1-10(2)11(3)17-14(19)8-21-15(20)7-12-9-23-16(18-12)13-5-4-6-22-13/h4-6,9-11H,7-8H2,1-3H3,(H,17,19). The Kier molecular flexibility index (Phi) is 6.29. The molecule has 0 saturated carbocycles. The van der Waals surface area contributed by atoms with E-state index in [9.17, 15) is 9.59 Å². The summed E-state index contributed by atoms with van der Waals surface area (Å²) in [5, 5.41) is 7.52. The Morgan fingerprint density at radius 1 is 1.30 bits per heavy atom. The molecule has 2 rings (SSSR count). The second-order valence-electron chi connectivity index (χ2n) is 5.56. The lowest BCUT2D eigenvalue weighted by Gasteiger charge is -2.17. The molecule has 0 aliphatic rings. The molecule has 1 atom stereocenters. The summed E-state index contributed by atoms with van der Waals surface area (Å²) < 4.78 is 5.00. The number of nitrogens with zero attached hydrogens (tertiary/aromatic N) is 1. The molecule has 0 saturated heterocycles. The van der Waals surface area contributed by atoms with Crippen molar-refractivity contribution in [2.24, 2.45) is 5.92 Å². The first-order valence-electron chi connectivity index (χ1n) is 7.39. The third-order valence-electron chi connectivity index (χ3n) is 3.36. The second kappa shape index (κ2) is 8.21. The van der Waals surface area contributed by atoms with Crippen LogP contribution in [0.1, 0.15) is 26.5 Å². The number of aromatic nitrogens is 1. The van der Waals surface area contributed by atoms with Gasteiger partial charge in [0.15, 0.2) is 6.61 Å². The number of nitrogens with one attached hydrogen (secondary N) is 1. The number of carbonyl (C=O) groups excluding carboxylic acids is 2. The van der Waals surface area contributed by atoms with Crippen molar-refractivity contribution in [3.63, 3.8) is 0 Å². The number of carbonyl (C=O) groups is 2. The molecule has 0 fully saturated rings. The zero-order chi connectivity index (χ0) is 16.8. The van der Waals surface area contributed by atoms with Gasteiger partial charge in [0, 0.05) is 11.4 Å². The number of hydrogen-bond donors (Lipinski definition) is 1. The maximum absolute atomic E-state index is 11.8. The maximum atomic E-state index is 11.8. The van der Waals surface area contributed by atoms with Crippen LogP contribution in [0.4, 0.5) is 0 Å². The highest BCUT2D eigenvalue weighted by Crippen LogP contribution is 2.27. The number of thiazole rings is 1. The number of thiophene rings is 1. The number of amides is 1. The van der Waals surface area contributed by atoms with Crippen LogP contribution in [-0.4, -0.2) is 29.5 Å². The minimum atomic E-state index is -0.444. The average molecular weight is 352 g/mol. The topological polar surface area (TPSA) is 68.3 Å². The Labute approximate surface area is 143 Å². The van der Waals surface area contributed by atoms with E-state index in [-0.39, 0.29) is 25.0 Å². The fraction of sp³-hybridized carbons (Fsp3) is 0.438. The van der Waals surface area contributed by atoms with Crippen molar-refractivity contribution in [1.82, 2.24) is 10.3 Å². The van der Waals surface area contributed by atoms with Crippen LogP contribution in [0.2, 0.25) is 0 Å². The van der Waals surface area contributed by atoms with Crippen molar-refractivity contribution < 1.29 is 14.3 Å².